The zero-order valence-electron chi connectivity index (χ0n) is 11.1. The number of rotatable bonds is 3. The van der Waals surface area contributed by atoms with Crippen molar-refractivity contribution in [2.24, 2.45) is 0 Å². The minimum Gasteiger partial charge on any atom is -0.264 e. The Morgan fingerprint density at radius 3 is 2.85 bits per heavy atom. The maximum Gasteiger partial charge on any atom is 0.0361 e. The predicted molar refractivity (Wildman–Crippen MR) is 89.2 cm³/mol. The van der Waals surface area contributed by atoms with Crippen LogP contribution in [0, 0.1) is 6.92 Å². The van der Waals surface area contributed by atoms with Gasteiger partial charge in [0.15, 0.2) is 0 Å². The van der Waals surface area contributed by atoms with Crippen LogP contribution in [0.3, 0.4) is 0 Å². The van der Waals surface area contributed by atoms with E-state index in [2.05, 4.69) is 64.2 Å². The lowest BCUT2D eigenvalue weighted by Crippen LogP contribution is -1.89. The standard InChI is InChI=1S/C17H14BrNS/c1-12-4-5-15(18)9-14(12)10-16-6-7-17(20-16)13-3-2-8-19-11-13/h2-9,11H,10H2,1H3. The smallest absolute Gasteiger partial charge is 0.0361 e. The molecule has 100 valence electrons. The first-order chi connectivity index (χ1) is 9.72. The second-order valence-electron chi connectivity index (χ2n) is 4.76. The van der Waals surface area contributed by atoms with Crippen LogP contribution in [0.5, 0.6) is 0 Å². The van der Waals surface area contributed by atoms with Gasteiger partial charge in [-0.2, -0.15) is 0 Å². The number of hydrogen-bond acceptors (Lipinski definition) is 2. The number of pyridine rings is 1. The maximum absolute atomic E-state index is 4.18. The van der Waals surface area contributed by atoms with Crippen LogP contribution in [0.25, 0.3) is 10.4 Å². The van der Waals surface area contributed by atoms with Gasteiger partial charge >= 0.3 is 0 Å². The van der Waals surface area contributed by atoms with Gasteiger partial charge in [0.1, 0.15) is 0 Å². The summed E-state index contributed by atoms with van der Waals surface area (Å²) in [5.41, 5.74) is 3.90. The molecule has 0 bridgehead atoms. The molecular weight excluding hydrogens is 330 g/mol. The number of hydrogen-bond donors (Lipinski definition) is 0. The monoisotopic (exact) mass is 343 g/mol. The van der Waals surface area contributed by atoms with Crippen LogP contribution in [0.4, 0.5) is 0 Å². The van der Waals surface area contributed by atoms with Crippen LogP contribution in [0.15, 0.2) is 59.3 Å². The lowest BCUT2D eigenvalue weighted by Gasteiger charge is -2.04. The molecule has 3 heteroatoms. The Balaban J connectivity index is 1.86. The van der Waals surface area contributed by atoms with Gasteiger partial charge in [-0.25, -0.2) is 0 Å². The lowest BCUT2D eigenvalue weighted by molar-refractivity contribution is 1.19. The molecule has 0 aliphatic heterocycles. The SMILES string of the molecule is Cc1ccc(Br)cc1Cc1ccc(-c2cccnc2)s1. The fraction of sp³-hybridized carbons (Fsp3) is 0.118. The maximum atomic E-state index is 4.18. The number of thiophene rings is 1. The number of aryl methyl sites for hydroxylation is 1. The number of aromatic nitrogens is 1. The van der Waals surface area contributed by atoms with E-state index >= 15 is 0 Å². The summed E-state index contributed by atoms with van der Waals surface area (Å²) in [6, 6.07) is 14.9. The van der Waals surface area contributed by atoms with Crippen molar-refractivity contribution in [1.29, 1.82) is 0 Å². The molecule has 0 radical (unpaired) electrons. The zero-order valence-corrected chi connectivity index (χ0v) is 13.5. The highest BCUT2D eigenvalue weighted by molar-refractivity contribution is 9.10. The molecule has 0 atom stereocenters. The Bertz CT molecular complexity index is 719. The Morgan fingerprint density at radius 1 is 1.15 bits per heavy atom. The van der Waals surface area contributed by atoms with E-state index in [9.17, 15) is 0 Å². The summed E-state index contributed by atoms with van der Waals surface area (Å²) in [7, 11) is 0. The van der Waals surface area contributed by atoms with Crippen molar-refractivity contribution >= 4 is 27.3 Å². The summed E-state index contributed by atoms with van der Waals surface area (Å²) in [6.07, 6.45) is 4.71. The molecule has 0 saturated heterocycles. The van der Waals surface area contributed by atoms with Crippen molar-refractivity contribution in [3.05, 3.63) is 75.3 Å². The molecule has 20 heavy (non-hydrogen) atoms. The van der Waals surface area contributed by atoms with Gasteiger partial charge in [0, 0.05) is 38.6 Å². The average Bonchev–Trinajstić information content (AvgIpc) is 2.92. The summed E-state index contributed by atoms with van der Waals surface area (Å²) >= 11 is 5.39. The van der Waals surface area contributed by atoms with Gasteiger partial charge in [0.2, 0.25) is 0 Å². The van der Waals surface area contributed by atoms with E-state index in [1.54, 1.807) is 0 Å². The molecule has 0 unspecified atom stereocenters. The van der Waals surface area contributed by atoms with Crippen molar-refractivity contribution in [2.75, 3.05) is 0 Å². The van der Waals surface area contributed by atoms with Crippen LogP contribution < -0.4 is 0 Å². The third-order valence-electron chi connectivity index (χ3n) is 3.28. The molecule has 0 fully saturated rings. The summed E-state index contributed by atoms with van der Waals surface area (Å²) in [5, 5.41) is 0. The topological polar surface area (TPSA) is 12.9 Å². The van der Waals surface area contributed by atoms with Crippen molar-refractivity contribution < 1.29 is 0 Å². The zero-order chi connectivity index (χ0) is 13.9. The molecule has 0 spiro atoms. The number of benzene rings is 1. The fourth-order valence-electron chi connectivity index (χ4n) is 2.15. The second-order valence-corrected chi connectivity index (χ2v) is 6.84. The highest BCUT2D eigenvalue weighted by Gasteiger charge is 2.06. The Morgan fingerprint density at radius 2 is 2.05 bits per heavy atom. The Hall–Kier alpha value is -1.45. The van der Waals surface area contributed by atoms with E-state index in [1.165, 1.54) is 26.4 Å². The largest absolute Gasteiger partial charge is 0.264 e. The minimum atomic E-state index is 0.982. The second kappa shape index (κ2) is 5.90. The summed E-state index contributed by atoms with van der Waals surface area (Å²) < 4.78 is 1.14. The summed E-state index contributed by atoms with van der Waals surface area (Å²) in [5.74, 6) is 0. The van der Waals surface area contributed by atoms with Gasteiger partial charge in [-0.3, -0.25) is 4.98 Å². The Kier molecular flexibility index (Phi) is 3.99. The van der Waals surface area contributed by atoms with Crippen LogP contribution >= 0.6 is 27.3 Å². The predicted octanol–water partition coefficient (Wildman–Crippen LogP) is 5.47. The number of halogens is 1. The van der Waals surface area contributed by atoms with E-state index in [4.69, 9.17) is 0 Å². The molecular formula is C17H14BrNS. The van der Waals surface area contributed by atoms with E-state index in [0.717, 1.165) is 10.9 Å². The van der Waals surface area contributed by atoms with E-state index in [1.807, 2.05) is 29.8 Å². The highest BCUT2D eigenvalue weighted by Crippen LogP contribution is 2.29. The molecule has 1 nitrogen and oxygen atoms in total. The third kappa shape index (κ3) is 3.00. The van der Waals surface area contributed by atoms with Crippen LogP contribution in [0.2, 0.25) is 0 Å². The molecule has 0 aliphatic carbocycles. The van der Waals surface area contributed by atoms with Crippen molar-refractivity contribution in [1.82, 2.24) is 4.98 Å². The molecule has 1 aromatic carbocycles. The molecule has 2 heterocycles. The first kappa shape index (κ1) is 13.5. The quantitative estimate of drug-likeness (QED) is 0.614. The normalized spacial score (nSPS) is 10.7. The minimum absolute atomic E-state index is 0.982. The molecule has 3 aromatic rings. The summed E-state index contributed by atoms with van der Waals surface area (Å²) in [4.78, 5) is 6.84. The van der Waals surface area contributed by atoms with Crippen LogP contribution in [-0.4, -0.2) is 4.98 Å². The molecule has 0 aliphatic rings. The van der Waals surface area contributed by atoms with Gasteiger partial charge in [-0.05, 0) is 48.4 Å². The molecule has 3 rings (SSSR count). The summed E-state index contributed by atoms with van der Waals surface area (Å²) in [6.45, 7) is 2.16. The number of nitrogens with zero attached hydrogens (tertiary/aromatic N) is 1. The van der Waals surface area contributed by atoms with Gasteiger partial charge in [-0.1, -0.05) is 28.1 Å². The van der Waals surface area contributed by atoms with Crippen molar-refractivity contribution in [3.8, 4) is 10.4 Å². The van der Waals surface area contributed by atoms with Crippen molar-refractivity contribution in [2.45, 2.75) is 13.3 Å². The molecule has 2 aromatic heterocycles. The van der Waals surface area contributed by atoms with Gasteiger partial charge < -0.3 is 0 Å². The van der Waals surface area contributed by atoms with Crippen LogP contribution in [-0.2, 0) is 6.42 Å². The van der Waals surface area contributed by atoms with Crippen LogP contribution in [0.1, 0.15) is 16.0 Å². The first-order valence-corrected chi connectivity index (χ1v) is 8.07. The van der Waals surface area contributed by atoms with Crippen molar-refractivity contribution in [3.63, 3.8) is 0 Å². The van der Waals surface area contributed by atoms with Gasteiger partial charge in [-0.15, -0.1) is 11.3 Å². The molecule has 0 N–H and O–H groups in total. The van der Waals surface area contributed by atoms with E-state index in [0.29, 0.717) is 0 Å². The highest BCUT2D eigenvalue weighted by atomic mass is 79.9. The first-order valence-electron chi connectivity index (χ1n) is 6.46. The van der Waals surface area contributed by atoms with Gasteiger partial charge in [0.25, 0.3) is 0 Å². The third-order valence-corrected chi connectivity index (χ3v) is 4.91. The molecule has 0 saturated carbocycles. The average molecular weight is 344 g/mol. The van der Waals surface area contributed by atoms with Gasteiger partial charge in [0.05, 0.1) is 0 Å². The lowest BCUT2D eigenvalue weighted by atomic mass is 10.1. The molecule has 0 amide bonds. The van der Waals surface area contributed by atoms with E-state index in [-0.39, 0.29) is 0 Å². The fourth-order valence-corrected chi connectivity index (χ4v) is 3.58. The van der Waals surface area contributed by atoms with E-state index < -0.39 is 0 Å². The Labute approximate surface area is 131 Å².